The van der Waals surface area contributed by atoms with Gasteiger partial charge in [0.15, 0.2) is 5.82 Å². The molecule has 4 heteroatoms. The molecule has 0 aliphatic carbocycles. The fraction of sp³-hybridized carbons (Fsp3) is 0.308. The molecule has 0 aliphatic heterocycles. The Bertz CT molecular complexity index is 497. The van der Waals surface area contributed by atoms with Crippen LogP contribution in [0.4, 0.5) is 5.82 Å². The van der Waals surface area contributed by atoms with Crippen molar-refractivity contribution >= 4 is 5.82 Å². The summed E-state index contributed by atoms with van der Waals surface area (Å²) in [5.74, 6) is 0.858. The minimum absolute atomic E-state index is 0.858. The van der Waals surface area contributed by atoms with E-state index in [1.165, 1.54) is 0 Å². The molecule has 0 atom stereocenters. The highest BCUT2D eigenvalue weighted by atomic mass is 15.2. The molecule has 0 saturated carbocycles. The third-order valence-corrected chi connectivity index (χ3v) is 2.49. The van der Waals surface area contributed by atoms with Crippen molar-refractivity contribution in [2.75, 3.05) is 19.0 Å². The number of pyridine rings is 1. The van der Waals surface area contributed by atoms with Gasteiger partial charge >= 0.3 is 0 Å². The zero-order valence-corrected chi connectivity index (χ0v) is 10.6. The lowest BCUT2D eigenvalue weighted by molar-refractivity contribution is 0.967. The molecular formula is C13H16N4. The molecular weight excluding hydrogens is 212 g/mol. The molecule has 17 heavy (non-hydrogen) atoms. The Labute approximate surface area is 101 Å². The van der Waals surface area contributed by atoms with Gasteiger partial charge in [-0.3, -0.25) is 4.98 Å². The summed E-state index contributed by atoms with van der Waals surface area (Å²) >= 11 is 0. The number of nitrogens with zero attached hydrogens (tertiary/aromatic N) is 4. The topological polar surface area (TPSA) is 41.9 Å². The fourth-order valence-electron chi connectivity index (χ4n) is 1.70. The predicted molar refractivity (Wildman–Crippen MR) is 69.1 cm³/mol. The van der Waals surface area contributed by atoms with E-state index in [1.54, 1.807) is 0 Å². The van der Waals surface area contributed by atoms with E-state index in [0.717, 1.165) is 28.5 Å². The predicted octanol–water partition coefficient (Wildman–Crippen LogP) is 2.22. The number of aromatic nitrogens is 3. The summed E-state index contributed by atoms with van der Waals surface area (Å²) in [6, 6.07) is 7.99. The van der Waals surface area contributed by atoms with Gasteiger partial charge in [-0.05, 0) is 38.1 Å². The fourth-order valence-corrected chi connectivity index (χ4v) is 1.70. The second-order valence-corrected chi connectivity index (χ2v) is 4.31. The molecule has 2 aromatic heterocycles. The molecule has 0 saturated heterocycles. The summed E-state index contributed by atoms with van der Waals surface area (Å²) in [5.41, 5.74) is 3.94. The Hall–Kier alpha value is -1.97. The largest absolute Gasteiger partial charge is 0.361 e. The first-order chi connectivity index (χ1) is 8.06. The summed E-state index contributed by atoms with van der Waals surface area (Å²) < 4.78 is 0. The average Bonchev–Trinajstić information content (AvgIpc) is 2.28. The lowest BCUT2D eigenvalue weighted by atomic mass is 10.1. The smallest absolute Gasteiger partial charge is 0.150 e. The Morgan fingerprint density at radius 2 is 1.59 bits per heavy atom. The van der Waals surface area contributed by atoms with Gasteiger partial charge in [-0.25, -0.2) is 0 Å². The lowest BCUT2D eigenvalue weighted by Gasteiger charge is -2.10. The van der Waals surface area contributed by atoms with Crippen LogP contribution in [0, 0.1) is 13.8 Å². The Morgan fingerprint density at radius 1 is 0.941 bits per heavy atom. The van der Waals surface area contributed by atoms with Crippen LogP contribution in [0.3, 0.4) is 0 Å². The van der Waals surface area contributed by atoms with Gasteiger partial charge in [0.1, 0.15) is 0 Å². The van der Waals surface area contributed by atoms with Crippen LogP contribution in [-0.4, -0.2) is 29.3 Å². The molecule has 2 heterocycles. The average molecular weight is 228 g/mol. The van der Waals surface area contributed by atoms with Crippen LogP contribution in [0.1, 0.15) is 11.4 Å². The third-order valence-electron chi connectivity index (χ3n) is 2.49. The zero-order valence-electron chi connectivity index (χ0n) is 10.6. The summed E-state index contributed by atoms with van der Waals surface area (Å²) in [4.78, 5) is 6.28. The maximum Gasteiger partial charge on any atom is 0.150 e. The number of anilines is 1. The van der Waals surface area contributed by atoms with Gasteiger partial charge < -0.3 is 4.90 Å². The van der Waals surface area contributed by atoms with Crippen LogP contribution in [-0.2, 0) is 0 Å². The maximum absolute atomic E-state index is 4.35. The van der Waals surface area contributed by atoms with Crippen molar-refractivity contribution in [2.24, 2.45) is 0 Å². The standard InChI is InChI=1S/C13H16N4/c1-9-7-11(8-10(2)14-9)12-5-6-13(16-15-12)17(3)4/h5-8H,1-4H3. The molecule has 0 amide bonds. The minimum atomic E-state index is 0.858. The highest BCUT2D eigenvalue weighted by molar-refractivity contribution is 5.60. The van der Waals surface area contributed by atoms with Crippen molar-refractivity contribution in [1.29, 1.82) is 0 Å². The van der Waals surface area contributed by atoms with Gasteiger partial charge in [-0.1, -0.05) is 0 Å². The molecule has 88 valence electrons. The van der Waals surface area contributed by atoms with Gasteiger partial charge in [0.25, 0.3) is 0 Å². The van der Waals surface area contributed by atoms with Gasteiger partial charge in [-0.2, -0.15) is 0 Å². The first kappa shape index (κ1) is 11.5. The van der Waals surface area contributed by atoms with Crippen LogP contribution in [0.15, 0.2) is 24.3 Å². The molecule has 0 unspecified atom stereocenters. The molecule has 0 aromatic carbocycles. The van der Waals surface area contributed by atoms with E-state index in [0.29, 0.717) is 0 Å². The Kier molecular flexibility index (Phi) is 3.04. The van der Waals surface area contributed by atoms with E-state index < -0.39 is 0 Å². The van der Waals surface area contributed by atoms with E-state index in [1.807, 2.05) is 57.1 Å². The molecule has 0 bridgehead atoms. The van der Waals surface area contributed by atoms with Crippen molar-refractivity contribution in [3.8, 4) is 11.3 Å². The van der Waals surface area contributed by atoms with Crippen LogP contribution in [0.5, 0.6) is 0 Å². The van der Waals surface area contributed by atoms with E-state index in [-0.39, 0.29) is 0 Å². The van der Waals surface area contributed by atoms with Crippen LogP contribution >= 0.6 is 0 Å². The highest BCUT2D eigenvalue weighted by Gasteiger charge is 2.04. The molecule has 0 aliphatic rings. The summed E-state index contributed by atoms with van der Waals surface area (Å²) in [6.07, 6.45) is 0. The molecule has 2 rings (SSSR count). The SMILES string of the molecule is Cc1cc(-c2ccc(N(C)C)nn2)cc(C)n1. The summed E-state index contributed by atoms with van der Waals surface area (Å²) in [5, 5.41) is 8.40. The quantitative estimate of drug-likeness (QED) is 0.790. The Balaban J connectivity index is 2.39. The van der Waals surface area contributed by atoms with Crippen molar-refractivity contribution in [3.05, 3.63) is 35.7 Å². The molecule has 4 nitrogen and oxygen atoms in total. The van der Waals surface area contributed by atoms with Crippen molar-refractivity contribution in [2.45, 2.75) is 13.8 Å². The summed E-state index contributed by atoms with van der Waals surface area (Å²) in [6.45, 7) is 3.97. The highest BCUT2D eigenvalue weighted by Crippen LogP contribution is 2.19. The van der Waals surface area contributed by atoms with E-state index in [2.05, 4.69) is 15.2 Å². The van der Waals surface area contributed by atoms with Crippen molar-refractivity contribution in [1.82, 2.24) is 15.2 Å². The van der Waals surface area contributed by atoms with Crippen LogP contribution in [0.25, 0.3) is 11.3 Å². The van der Waals surface area contributed by atoms with Crippen LogP contribution in [0.2, 0.25) is 0 Å². The van der Waals surface area contributed by atoms with E-state index >= 15 is 0 Å². The maximum atomic E-state index is 4.35. The lowest BCUT2D eigenvalue weighted by Crippen LogP contribution is -2.11. The first-order valence-electron chi connectivity index (χ1n) is 5.53. The number of rotatable bonds is 2. The molecule has 0 fully saturated rings. The first-order valence-corrected chi connectivity index (χ1v) is 5.53. The molecule has 0 spiro atoms. The number of hydrogen-bond donors (Lipinski definition) is 0. The number of hydrogen-bond acceptors (Lipinski definition) is 4. The van der Waals surface area contributed by atoms with Crippen molar-refractivity contribution in [3.63, 3.8) is 0 Å². The minimum Gasteiger partial charge on any atom is -0.361 e. The van der Waals surface area contributed by atoms with Gasteiger partial charge in [0.05, 0.1) is 5.69 Å². The van der Waals surface area contributed by atoms with Crippen molar-refractivity contribution < 1.29 is 0 Å². The summed E-state index contributed by atoms with van der Waals surface area (Å²) in [7, 11) is 3.90. The Morgan fingerprint density at radius 3 is 2.06 bits per heavy atom. The monoisotopic (exact) mass is 228 g/mol. The van der Waals surface area contributed by atoms with E-state index in [4.69, 9.17) is 0 Å². The second-order valence-electron chi connectivity index (χ2n) is 4.31. The van der Waals surface area contributed by atoms with Gasteiger partial charge in [0, 0.05) is 31.0 Å². The molecule has 2 aromatic rings. The number of aryl methyl sites for hydroxylation is 2. The van der Waals surface area contributed by atoms with Gasteiger partial charge in [0.2, 0.25) is 0 Å². The van der Waals surface area contributed by atoms with Gasteiger partial charge in [-0.15, -0.1) is 10.2 Å². The normalized spacial score (nSPS) is 10.4. The second kappa shape index (κ2) is 4.49. The molecule has 0 radical (unpaired) electrons. The third kappa shape index (κ3) is 2.58. The van der Waals surface area contributed by atoms with E-state index in [9.17, 15) is 0 Å². The van der Waals surface area contributed by atoms with Crippen LogP contribution < -0.4 is 4.90 Å². The molecule has 0 N–H and O–H groups in total. The zero-order chi connectivity index (χ0) is 12.4.